The molecule has 6 nitrogen and oxygen atoms in total. The Morgan fingerprint density at radius 1 is 1.21 bits per heavy atom. The first-order valence-corrected chi connectivity index (χ1v) is 5.99. The quantitative estimate of drug-likeness (QED) is 0.229. The summed E-state index contributed by atoms with van der Waals surface area (Å²) in [6.45, 7) is 2.65. The van der Waals surface area contributed by atoms with Crippen LogP contribution in [-0.2, 0) is 20.8 Å². The minimum absolute atomic E-state index is 0.0877. The molecular weight excluding hydrogens is 248 g/mol. The van der Waals surface area contributed by atoms with Crippen LogP contribution in [-0.4, -0.2) is 44.6 Å². The zero-order valence-electron chi connectivity index (χ0n) is 11.0. The Hall–Kier alpha value is -1.63. The largest absolute Gasteiger partial charge is 0.409 e. The normalized spacial score (nSPS) is 11.7. The van der Waals surface area contributed by atoms with E-state index in [0.29, 0.717) is 38.6 Å². The van der Waals surface area contributed by atoms with E-state index in [4.69, 9.17) is 25.2 Å². The molecule has 0 aliphatic heterocycles. The maximum atomic E-state index is 8.60. The monoisotopic (exact) mass is 268 g/mol. The first-order valence-electron chi connectivity index (χ1n) is 5.99. The van der Waals surface area contributed by atoms with Crippen molar-refractivity contribution in [3.8, 4) is 0 Å². The van der Waals surface area contributed by atoms with Crippen LogP contribution in [0.2, 0.25) is 0 Å². The van der Waals surface area contributed by atoms with Crippen LogP contribution in [0, 0.1) is 0 Å². The Kier molecular flexibility index (Phi) is 7.57. The topological polar surface area (TPSA) is 86.3 Å². The highest BCUT2D eigenvalue weighted by molar-refractivity contribution is 5.97. The van der Waals surface area contributed by atoms with Crippen molar-refractivity contribution >= 4 is 5.84 Å². The van der Waals surface area contributed by atoms with Gasteiger partial charge in [-0.2, -0.15) is 0 Å². The number of nitrogens with two attached hydrogens (primary N) is 1. The summed E-state index contributed by atoms with van der Waals surface area (Å²) in [5.41, 5.74) is 7.14. The van der Waals surface area contributed by atoms with Crippen molar-refractivity contribution in [1.82, 2.24) is 0 Å². The summed E-state index contributed by atoms with van der Waals surface area (Å²) in [4.78, 5) is 0. The highest BCUT2D eigenvalue weighted by Gasteiger charge is 2.00. The van der Waals surface area contributed by atoms with E-state index < -0.39 is 0 Å². The molecule has 106 valence electrons. The zero-order valence-corrected chi connectivity index (χ0v) is 11.0. The summed E-state index contributed by atoms with van der Waals surface area (Å²) in [5.74, 6) is 0.0877. The maximum Gasteiger partial charge on any atom is 0.170 e. The number of hydrogen-bond acceptors (Lipinski definition) is 5. The van der Waals surface area contributed by atoms with Gasteiger partial charge in [0.05, 0.1) is 33.0 Å². The number of ether oxygens (including phenoxy) is 3. The molecule has 3 N–H and O–H groups in total. The Labute approximate surface area is 112 Å². The lowest BCUT2D eigenvalue weighted by Crippen LogP contribution is -2.13. The minimum Gasteiger partial charge on any atom is -0.409 e. The molecular formula is C13H20N2O4. The smallest absolute Gasteiger partial charge is 0.170 e. The molecule has 0 aromatic heterocycles. The van der Waals surface area contributed by atoms with Gasteiger partial charge in [-0.25, -0.2) is 0 Å². The van der Waals surface area contributed by atoms with Gasteiger partial charge in [-0.15, -0.1) is 0 Å². The molecule has 0 unspecified atom stereocenters. The fourth-order valence-corrected chi connectivity index (χ4v) is 1.43. The number of amidine groups is 1. The van der Waals surface area contributed by atoms with Crippen molar-refractivity contribution in [2.45, 2.75) is 6.61 Å². The lowest BCUT2D eigenvalue weighted by atomic mass is 10.1. The van der Waals surface area contributed by atoms with Crippen molar-refractivity contribution in [3.63, 3.8) is 0 Å². The fraction of sp³-hybridized carbons (Fsp3) is 0.462. The van der Waals surface area contributed by atoms with E-state index in [-0.39, 0.29) is 5.84 Å². The number of benzene rings is 1. The second-order valence-corrected chi connectivity index (χ2v) is 3.84. The van der Waals surface area contributed by atoms with Crippen LogP contribution < -0.4 is 5.73 Å². The molecule has 6 heteroatoms. The van der Waals surface area contributed by atoms with Crippen LogP contribution in [0.4, 0.5) is 0 Å². The van der Waals surface area contributed by atoms with Gasteiger partial charge in [-0.05, 0) is 11.6 Å². The number of nitrogens with zero attached hydrogens (tertiary/aromatic N) is 1. The first kappa shape index (κ1) is 15.4. The standard InChI is InChI=1S/C13H20N2O4/c1-17-5-6-18-7-8-19-10-11-3-2-4-12(9-11)13(14)15-16/h2-4,9,16H,5-8,10H2,1H3,(H2,14,15). The van der Waals surface area contributed by atoms with E-state index in [1.165, 1.54) is 0 Å². The van der Waals surface area contributed by atoms with Gasteiger partial charge in [0, 0.05) is 12.7 Å². The van der Waals surface area contributed by atoms with Gasteiger partial charge < -0.3 is 25.2 Å². The second-order valence-electron chi connectivity index (χ2n) is 3.84. The lowest BCUT2D eigenvalue weighted by Gasteiger charge is -2.07. The van der Waals surface area contributed by atoms with Crippen LogP contribution >= 0.6 is 0 Å². The predicted octanol–water partition coefficient (Wildman–Crippen LogP) is 0.961. The summed E-state index contributed by atoms with van der Waals surface area (Å²) in [5, 5.41) is 11.6. The van der Waals surface area contributed by atoms with Gasteiger partial charge in [0.25, 0.3) is 0 Å². The van der Waals surface area contributed by atoms with Crippen LogP contribution in [0.1, 0.15) is 11.1 Å². The maximum absolute atomic E-state index is 8.60. The summed E-state index contributed by atoms with van der Waals surface area (Å²) in [6.07, 6.45) is 0. The molecule has 0 radical (unpaired) electrons. The molecule has 1 rings (SSSR count). The van der Waals surface area contributed by atoms with Crippen LogP contribution in [0.5, 0.6) is 0 Å². The fourth-order valence-electron chi connectivity index (χ4n) is 1.43. The van der Waals surface area contributed by atoms with E-state index in [0.717, 1.165) is 5.56 Å². The summed E-state index contributed by atoms with van der Waals surface area (Å²) >= 11 is 0. The van der Waals surface area contributed by atoms with E-state index >= 15 is 0 Å². The van der Waals surface area contributed by atoms with Gasteiger partial charge >= 0.3 is 0 Å². The molecule has 0 saturated carbocycles. The van der Waals surface area contributed by atoms with E-state index in [1.807, 2.05) is 18.2 Å². The first-order chi connectivity index (χ1) is 9.27. The van der Waals surface area contributed by atoms with Gasteiger partial charge in [0.1, 0.15) is 0 Å². The van der Waals surface area contributed by atoms with Gasteiger partial charge in [0.2, 0.25) is 0 Å². The third kappa shape index (κ3) is 6.19. The molecule has 19 heavy (non-hydrogen) atoms. The van der Waals surface area contributed by atoms with Gasteiger partial charge in [-0.3, -0.25) is 0 Å². The van der Waals surface area contributed by atoms with Crippen molar-refractivity contribution in [2.24, 2.45) is 10.9 Å². The molecule has 0 aliphatic carbocycles. The molecule has 0 fully saturated rings. The average molecular weight is 268 g/mol. The van der Waals surface area contributed by atoms with Gasteiger partial charge in [-0.1, -0.05) is 23.4 Å². The Bertz CT molecular complexity index is 396. The van der Waals surface area contributed by atoms with Crippen molar-refractivity contribution in [3.05, 3.63) is 35.4 Å². The summed E-state index contributed by atoms with van der Waals surface area (Å²) < 4.78 is 15.6. The Morgan fingerprint density at radius 2 is 1.95 bits per heavy atom. The number of hydrogen-bond donors (Lipinski definition) is 2. The molecule has 1 aromatic rings. The minimum atomic E-state index is 0.0877. The Balaban J connectivity index is 2.26. The third-order valence-corrected chi connectivity index (χ3v) is 2.40. The predicted molar refractivity (Wildman–Crippen MR) is 71.3 cm³/mol. The lowest BCUT2D eigenvalue weighted by molar-refractivity contribution is 0.0199. The highest BCUT2D eigenvalue weighted by atomic mass is 16.5. The third-order valence-electron chi connectivity index (χ3n) is 2.40. The SMILES string of the molecule is COCCOCCOCc1cccc(/C(N)=N/O)c1. The molecule has 1 aromatic carbocycles. The molecule has 0 heterocycles. The van der Waals surface area contributed by atoms with Crippen molar-refractivity contribution in [1.29, 1.82) is 0 Å². The second kappa shape index (κ2) is 9.32. The Morgan fingerprint density at radius 3 is 2.68 bits per heavy atom. The highest BCUT2D eigenvalue weighted by Crippen LogP contribution is 2.06. The number of oxime groups is 1. The number of methoxy groups -OCH3 is 1. The van der Waals surface area contributed by atoms with Crippen LogP contribution in [0.3, 0.4) is 0 Å². The zero-order chi connectivity index (χ0) is 13.9. The average Bonchev–Trinajstić information content (AvgIpc) is 2.46. The van der Waals surface area contributed by atoms with Gasteiger partial charge in [0.15, 0.2) is 5.84 Å². The van der Waals surface area contributed by atoms with E-state index in [2.05, 4.69) is 5.16 Å². The number of rotatable bonds is 9. The molecule has 0 spiro atoms. The molecule has 0 amide bonds. The van der Waals surface area contributed by atoms with E-state index in [9.17, 15) is 0 Å². The van der Waals surface area contributed by atoms with Crippen molar-refractivity contribution in [2.75, 3.05) is 33.5 Å². The van der Waals surface area contributed by atoms with Crippen LogP contribution in [0.15, 0.2) is 29.4 Å². The molecule has 0 aliphatic rings. The molecule has 0 bridgehead atoms. The summed E-state index contributed by atoms with van der Waals surface area (Å²) in [7, 11) is 1.63. The summed E-state index contributed by atoms with van der Waals surface area (Å²) in [6, 6.07) is 7.34. The molecule has 0 atom stereocenters. The van der Waals surface area contributed by atoms with Crippen molar-refractivity contribution < 1.29 is 19.4 Å². The van der Waals surface area contributed by atoms with E-state index in [1.54, 1.807) is 13.2 Å². The van der Waals surface area contributed by atoms with Crippen LogP contribution in [0.25, 0.3) is 0 Å². The molecule has 0 saturated heterocycles.